The largest absolute Gasteiger partial charge is 0.481 e. The molecule has 0 aliphatic heterocycles. The van der Waals surface area contributed by atoms with E-state index < -0.39 is 5.97 Å². The summed E-state index contributed by atoms with van der Waals surface area (Å²) in [5.41, 5.74) is 0. The topological polar surface area (TPSA) is 46.5 Å². The predicted molar refractivity (Wildman–Crippen MR) is 42.5 cm³/mol. The lowest BCUT2D eigenvalue weighted by Crippen LogP contribution is -2.13. The molecular formula is C8H14O3. The standard InChI is InChI=1S/C8H14O3/c1-3-4-5-11-7(2)6-8(9)10/h3,7H,1,4-6H2,2H3,(H,9,10). The number of rotatable bonds is 6. The lowest BCUT2D eigenvalue weighted by molar-refractivity contribution is -0.139. The van der Waals surface area contributed by atoms with Gasteiger partial charge in [0.2, 0.25) is 0 Å². The summed E-state index contributed by atoms with van der Waals surface area (Å²) in [6, 6.07) is 0. The number of carboxylic acids is 1. The third-order valence-corrected chi connectivity index (χ3v) is 1.19. The van der Waals surface area contributed by atoms with Crippen molar-refractivity contribution in [1.82, 2.24) is 0 Å². The molecule has 0 aromatic heterocycles. The molecule has 0 amide bonds. The lowest BCUT2D eigenvalue weighted by atomic mass is 10.3. The van der Waals surface area contributed by atoms with E-state index in [1.54, 1.807) is 13.0 Å². The molecule has 0 heterocycles. The van der Waals surface area contributed by atoms with Crippen molar-refractivity contribution in [2.45, 2.75) is 25.9 Å². The molecule has 0 saturated carbocycles. The second-order valence-electron chi connectivity index (χ2n) is 2.36. The summed E-state index contributed by atoms with van der Waals surface area (Å²) in [6.07, 6.45) is 2.38. The molecule has 3 nitrogen and oxygen atoms in total. The van der Waals surface area contributed by atoms with Gasteiger partial charge < -0.3 is 9.84 Å². The van der Waals surface area contributed by atoms with Gasteiger partial charge in [0.05, 0.1) is 19.1 Å². The van der Waals surface area contributed by atoms with Gasteiger partial charge >= 0.3 is 5.97 Å². The Morgan fingerprint density at radius 2 is 2.45 bits per heavy atom. The molecule has 64 valence electrons. The van der Waals surface area contributed by atoms with Crippen LogP contribution in [0.1, 0.15) is 19.8 Å². The van der Waals surface area contributed by atoms with E-state index in [0.717, 1.165) is 6.42 Å². The molecule has 11 heavy (non-hydrogen) atoms. The third-order valence-electron chi connectivity index (χ3n) is 1.19. The first-order valence-electron chi connectivity index (χ1n) is 3.61. The Morgan fingerprint density at radius 3 is 2.91 bits per heavy atom. The zero-order valence-corrected chi connectivity index (χ0v) is 6.75. The van der Waals surface area contributed by atoms with Gasteiger partial charge in [0.15, 0.2) is 0 Å². The van der Waals surface area contributed by atoms with Gasteiger partial charge in [-0.1, -0.05) is 6.08 Å². The number of carboxylic acid groups (broad SMARTS) is 1. The van der Waals surface area contributed by atoms with Crippen LogP contribution < -0.4 is 0 Å². The smallest absolute Gasteiger partial charge is 0.305 e. The number of hydrogen-bond acceptors (Lipinski definition) is 2. The van der Waals surface area contributed by atoms with E-state index in [2.05, 4.69) is 6.58 Å². The fourth-order valence-electron chi connectivity index (χ4n) is 0.657. The van der Waals surface area contributed by atoms with E-state index in [0.29, 0.717) is 6.61 Å². The Hall–Kier alpha value is -0.830. The first kappa shape index (κ1) is 10.2. The van der Waals surface area contributed by atoms with Gasteiger partial charge in [0, 0.05) is 0 Å². The summed E-state index contributed by atoms with van der Waals surface area (Å²) in [7, 11) is 0. The maximum absolute atomic E-state index is 10.1. The second kappa shape index (κ2) is 5.92. The molecule has 3 heteroatoms. The predicted octanol–water partition coefficient (Wildman–Crippen LogP) is 1.44. The SMILES string of the molecule is C=CCCOC(C)CC(=O)O. The quantitative estimate of drug-likeness (QED) is 0.470. The van der Waals surface area contributed by atoms with Crippen molar-refractivity contribution in [3.63, 3.8) is 0 Å². The highest BCUT2D eigenvalue weighted by molar-refractivity contribution is 5.67. The zero-order chi connectivity index (χ0) is 8.69. The molecule has 0 fully saturated rings. The van der Waals surface area contributed by atoms with E-state index in [1.165, 1.54) is 0 Å². The Bertz CT molecular complexity index is 131. The minimum absolute atomic E-state index is 0.0666. The lowest BCUT2D eigenvalue weighted by Gasteiger charge is -2.08. The van der Waals surface area contributed by atoms with Gasteiger partial charge in [0.25, 0.3) is 0 Å². The first-order valence-corrected chi connectivity index (χ1v) is 3.61. The van der Waals surface area contributed by atoms with Crippen molar-refractivity contribution >= 4 is 5.97 Å². The number of carbonyl (C=O) groups is 1. The summed E-state index contributed by atoms with van der Waals surface area (Å²) in [5, 5.41) is 8.34. The van der Waals surface area contributed by atoms with Crippen molar-refractivity contribution in [2.75, 3.05) is 6.61 Å². The normalized spacial score (nSPS) is 12.5. The molecule has 1 atom stereocenters. The Kier molecular flexibility index (Phi) is 5.47. The van der Waals surface area contributed by atoms with Gasteiger partial charge in [-0.2, -0.15) is 0 Å². The van der Waals surface area contributed by atoms with Crippen molar-refractivity contribution in [3.05, 3.63) is 12.7 Å². The van der Waals surface area contributed by atoms with Crippen LogP contribution >= 0.6 is 0 Å². The summed E-state index contributed by atoms with van der Waals surface area (Å²) >= 11 is 0. The second-order valence-corrected chi connectivity index (χ2v) is 2.36. The van der Waals surface area contributed by atoms with E-state index >= 15 is 0 Å². The van der Waals surface area contributed by atoms with Crippen molar-refractivity contribution in [2.24, 2.45) is 0 Å². The Morgan fingerprint density at radius 1 is 1.82 bits per heavy atom. The molecule has 0 bridgehead atoms. The van der Waals surface area contributed by atoms with Crippen LogP contribution in [0.25, 0.3) is 0 Å². The summed E-state index contributed by atoms with van der Waals surface area (Å²) in [4.78, 5) is 10.1. The zero-order valence-electron chi connectivity index (χ0n) is 6.75. The minimum atomic E-state index is -0.823. The third kappa shape index (κ3) is 7.06. The van der Waals surface area contributed by atoms with Crippen molar-refractivity contribution < 1.29 is 14.6 Å². The van der Waals surface area contributed by atoms with Crippen molar-refractivity contribution in [3.8, 4) is 0 Å². The van der Waals surface area contributed by atoms with Crippen LogP contribution in [0, 0.1) is 0 Å². The Balaban J connectivity index is 3.28. The highest BCUT2D eigenvalue weighted by atomic mass is 16.5. The molecule has 0 aromatic rings. The van der Waals surface area contributed by atoms with Crippen LogP contribution in [0.3, 0.4) is 0 Å². The van der Waals surface area contributed by atoms with Gasteiger partial charge in [-0.25, -0.2) is 0 Å². The van der Waals surface area contributed by atoms with E-state index in [1.807, 2.05) is 0 Å². The number of ether oxygens (including phenoxy) is 1. The maximum Gasteiger partial charge on any atom is 0.305 e. The molecule has 0 aromatic carbocycles. The molecule has 1 unspecified atom stereocenters. The molecule has 0 radical (unpaired) electrons. The average Bonchev–Trinajstić information content (AvgIpc) is 1.86. The molecular weight excluding hydrogens is 144 g/mol. The molecule has 1 N–H and O–H groups in total. The van der Waals surface area contributed by atoms with Gasteiger partial charge in [-0.05, 0) is 13.3 Å². The summed E-state index contributed by atoms with van der Waals surface area (Å²) in [5.74, 6) is -0.823. The number of hydrogen-bond donors (Lipinski definition) is 1. The van der Waals surface area contributed by atoms with Crippen LogP contribution in [0.2, 0.25) is 0 Å². The van der Waals surface area contributed by atoms with Gasteiger partial charge in [-0.3, -0.25) is 4.79 Å². The maximum atomic E-state index is 10.1. The summed E-state index contributed by atoms with van der Waals surface area (Å²) in [6.45, 7) is 5.82. The van der Waals surface area contributed by atoms with Crippen LogP contribution in [-0.2, 0) is 9.53 Å². The van der Waals surface area contributed by atoms with Gasteiger partial charge in [-0.15, -0.1) is 6.58 Å². The molecule has 0 aliphatic rings. The van der Waals surface area contributed by atoms with Crippen LogP contribution in [0.5, 0.6) is 0 Å². The highest BCUT2D eigenvalue weighted by Crippen LogP contribution is 1.97. The van der Waals surface area contributed by atoms with E-state index in [4.69, 9.17) is 9.84 Å². The Labute approximate surface area is 66.7 Å². The number of aliphatic carboxylic acids is 1. The first-order chi connectivity index (χ1) is 5.16. The molecule has 0 spiro atoms. The van der Waals surface area contributed by atoms with Crippen LogP contribution in [-0.4, -0.2) is 23.8 Å². The highest BCUT2D eigenvalue weighted by Gasteiger charge is 2.05. The molecule has 0 saturated heterocycles. The average molecular weight is 158 g/mol. The minimum Gasteiger partial charge on any atom is -0.481 e. The summed E-state index contributed by atoms with van der Waals surface area (Å²) < 4.78 is 5.14. The monoisotopic (exact) mass is 158 g/mol. The van der Waals surface area contributed by atoms with E-state index in [9.17, 15) is 4.79 Å². The fourth-order valence-corrected chi connectivity index (χ4v) is 0.657. The molecule has 0 aliphatic carbocycles. The van der Waals surface area contributed by atoms with Crippen molar-refractivity contribution in [1.29, 1.82) is 0 Å². The fraction of sp³-hybridized carbons (Fsp3) is 0.625. The van der Waals surface area contributed by atoms with Crippen LogP contribution in [0.15, 0.2) is 12.7 Å². The van der Waals surface area contributed by atoms with Crippen LogP contribution in [0.4, 0.5) is 0 Å². The molecule has 0 rings (SSSR count). The van der Waals surface area contributed by atoms with Gasteiger partial charge in [0.1, 0.15) is 0 Å². The van der Waals surface area contributed by atoms with E-state index in [-0.39, 0.29) is 12.5 Å².